The Morgan fingerprint density at radius 1 is 0.472 bits per heavy atom. The second kappa shape index (κ2) is 12.5. The summed E-state index contributed by atoms with van der Waals surface area (Å²) >= 11 is 0. The number of rotatable bonds is 6. The van der Waals surface area contributed by atoms with E-state index in [0.29, 0.717) is 11.4 Å². The van der Waals surface area contributed by atoms with Gasteiger partial charge in [0, 0.05) is 27.9 Å². The Morgan fingerprint density at radius 3 is 1.64 bits per heavy atom. The molecule has 7 heteroatoms. The van der Waals surface area contributed by atoms with Crippen LogP contribution in [0.5, 0.6) is 0 Å². The van der Waals surface area contributed by atoms with Gasteiger partial charge in [-0.25, -0.2) is 9.97 Å². The van der Waals surface area contributed by atoms with Crippen molar-refractivity contribution in [2.24, 2.45) is 0 Å². The van der Waals surface area contributed by atoms with E-state index in [9.17, 15) is 0 Å². The fourth-order valence-electron chi connectivity index (χ4n) is 7.35. The maximum atomic E-state index is 16.0. The summed E-state index contributed by atoms with van der Waals surface area (Å²) in [6, 6.07) is 62.6. The van der Waals surface area contributed by atoms with E-state index in [2.05, 4.69) is 30.3 Å². The van der Waals surface area contributed by atoms with Gasteiger partial charge in [0.1, 0.15) is 16.8 Å². The maximum Gasteiger partial charge on any atom is 0.301 e. The molecule has 1 unspecified atom stereocenters. The van der Waals surface area contributed by atoms with Crippen molar-refractivity contribution in [2.45, 2.75) is 0 Å². The number of benzene rings is 7. The second-order valence-electron chi connectivity index (χ2n) is 13.0. The molecule has 3 heterocycles. The lowest BCUT2D eigenvalue weighted by Gasteiger charge is -2.33. The monoisotopic (exact) mass is 702 g/mol. The molecule has 0 spiro atoms. The number of fused-ring (bicyclic) bond motifs is 4. The Kier molecular flexibility index (Phi) is 7.31. The summed E-state index contributed by atoms with van der Waals surface area (Å²) in [4.78, 5) is 10.1. The molecule has 1 aliphatic heterocycles. The van der Waals surface area contributed by atoms with Crippen LogP contribution < -0.4 is 14.6 Å². The summed E-state index contributed by atoms with van der Waals surface area (Å²) in [5.41, 5.74) is 10.2. The van der Waals surface area contributed by atoms with Gasteiger partial charge in [0.2, 0.25) is 0 Å². The zero-order valence-electron chi connectivity index (χ0n) is 28.5. The lowest BCUT2D eigenvalue weighted by Crippen LogP contribution is -2.26. The van der Waals surface area contributed by atoms with Crippen LogP contribution in [0.2, 0.25) is 0 Å². The summed E-state index contributed by atoms with van der Waals surface area (Å²) in [5.74, 6) is 0.638. The van der Waals surface area contributed by atoms with Crippen LogP contribution in [0.4, 0.5) is 22.7 Å². The van der Waals surface area contributed by atoms with Crippen LogP contribution in [0.1, 0.15) is 0 Å². The molecule has 0 saturated carbocycles. The highest BCUT2D eigenvalue weighted by Crippen LogP contribution is 2.70. The van der Waals surface area contributed by atoms with Gasteiger partial charge in [0.05, 0.1) is 16.7 Å². The zero-order chi connectivity index (χ0) is 35.4. The molecule has 53 heavy (non-hydrogen) atoms. The lowest BCUT2D eigenvalue weighted by atomic mass is 10.0. The first-order chi connectivity index (χ1) is 26.2. The molecule has 0 radical (unpaired) electrons. The van der Waals surface area contributed by atoms with Crippen molar-refractivity contribution in [1.82, 2.24) is 9.97 Å². The average molecular weight is 703 g/mol. The van der Waals surface area contributed by atoms with Crippen LogP contribution in [0.3, 0.4) is 0 Å². The maximum absolute atomic E-state index is 16.0. The number of nitrogens with zero attached hydrogens (tertiary/aromatic N) is 4. The molecular formula is C46H31N4O2P. The molecule has 0 saturated heterocycles. The highest BCUT2D eigenvalue weighted by Gasteiger charge is 2.49. The largest absolute Gasteiger partial charge is 0.452 e. The van der Waals surface area contributed by atoms with Gasteiger partial charge in [0.25, 0.3) is 0 Å². The molecule has 2 aromatic heterocycles. The fourth-order valence-corrected chi connectivity index (χ4v) is 10.4. The molecule has 9 aromatic rings. The number of furan rings is 1. The van der Waals surface area contributed by atoms with Crippen LogP contribution >= 0.6 is 7.44 Å². The van der Waals surface area contributed by atoms with Crippen molar-refractivity contribution in [3.63, 3.8) is 0 Å². The third-order valence-corrected chi connectivity index (χ3v) is 12.7. The molecule has 6 nitrogen and oxygen atoms in total. The van der Waals surface area contributed by atoms with E-state index in [1.54, 1.807) is 0 Å². The minimum absolute atomic E-state index is 0.638. The van der Waals surface area contributed by atoms with E-state index in [1.165, 1.54) is 0 Å². The number of anilines is 4. The van der Waals surface area contributed by atoms with Crippen molar-refractivity contribution in [2.75, 3.05) is 9.34 Å². The van der Waals surface area contributed by atoms with E-state index < -0.39 is 7.44 Å². The van der Waals surface area contributed by atoms with E-state index in [-0.39, 0.29) is 0 Å². The first kappa shape index (κ1) is 31.0. The Bertz CT molecular complexity index is 2810. The van der Waals surface area contributed by atoms with Gasteiger partial charge in [0.15, 0.2) is 11.4 Å². The molecular weight excluding hydrogens is 672 g/mol. The second-order valence-corrected chi connectivity index (χ2v) is 15.4. The smallest absolute Gasteiger partial charge is 0.301 e. The van der Waals surface area contributed by atoms with E-state index in [4.69, 9.17) is 14.4 Å². The molecule has 10 rings (SSSR count). The number of para-hydroxylation sites is 2. The minimum Gasteiger partial charge on any atom is -0.452 e. The van der Waals surface area contributed by atoms with Gasteiger partial charge in [-0.2, -0.15) is 0 Å². The fraction of sp³-hybridized carbons (Fsp3) is 0. The predicted molar refractivity (Wildman–Crippen MR) is 216 cm³/mol. The van der Waals surface area contributed by atoms with Crippen LogP contribution in [0.25, 0.3) is 55.8 Å². The Hall–Kier alpha value is -6.75. The van der Waals surface area contributed by atoms with Crippen LogP contribution in [-0.4, -0.2) is 9.97 Å². The Morgan fingerprint density at radius 2 is 1.00 bits per heavy atom. The standard InChI is InChI=1S/C46H31N4O2P/c51-53(38-24-14-5-15-25-38)49(36-20-10-3-11-21-36)40-28-26-35(31-41(40)50(53)37-22-12-4-13-23-37)34-27-29-42-39(30-34)44-45(52-42)43(32-16-6-1-7-17-32)47-46(48-44)33-18-8-2-9-19-33/h1-31H. The van der Waals surface area contributed by atoms with Gasteiger partial charge in [-0.3, -0.25) is 13.9 Å². The minimum atomic E-state index is -3.48. The quantitative estimate of drug-likeness (QED) is 0.161. The topological polar surface area (TPSA) is 62.5 Å². The molecule has 0 fully saturated rings. The third kappa shape index (κ3) is 5.07. The average Bonchev–Trinajstić information content (AvgIpc) is 3.74. The first-order valence-electron chi connectivity index (χ1n) is 17.5. The highest BCUT2D eigenvalue weighted by molar-refractivity contribution is 7.76. The summed E-state index contributed by atoms with van der Waals surface area (Å²) in [7, 11) is -3.48. The zero-order valence-corrected chi connectivity index (χ0v) is 29.3. The normalized spacial score (nSPS) is 15.2. The van der Waals surface area contributed by atoms with Gasteiger partial charge < -0.3 is 4.42 Å². The number of aromatic nitrogens is 2. The SMILES string of the molecule is O=P1(c2ccccc2)N(c2ccccc2)c2ccc(-c3ccc4oc5c(-c6ccccc6)nc(-c6ccccc6)nc5c4c3)cc2N1c1ccccc1. The van der Waals surface area contributed by atoms with Crippen LogP contribution in [-0.2, 0) is 4.57 Å². The van der Waals surface area contributed by atoms with E-state index in [1.807, 2.05) is 167 Å². The molecule has 252 valence electrons. The third-order valence-electron chi connectivity index (χ3n) is 9.79. The van der Waals surface area contributed by atoms with E-state index >= 15 is 4.57 Å². The summed E-state index contributed by atoms with van der Waals surface area (Å²) in [6.07, 6.45) is 0. The van der Waals surface area contributed by atoms with Gasteiger partial charge in [-0.05, 0) is 71.8 Å². The molecule has 1 aliphatic rings. The Balaban J connectivity index is 1.18. The van der Waals surface area contributed by atoms with Gasteiger partial charge in [-0.1, -0.05) is 127 Å². The molecule has 0 amide bonds. The Labute approximate surface area is 306 Å². The van der Waals surface area contributed by atoms with Crippen molar-refractivity contribution in [3.05, 3.63) is 188 Å². The number of hydrogen-bond acceptors (Lipinski definition) is 4. The summed E-state index contributed by atoms with van der Waals surface area (Å²) < 4.78 is 26.6. The highest BCUT2D eigenvalue weighted by atomic mass is 31.2. The van der Waals surface area contributed by atoms with Crippen LogP contribution in [0.15, 0.2) is 192 Å². The van der Waals surface area contributed by atoms with Crippen molar-refractivity contribution >= 4 is 57.6 Å². The summed E-state index contributed by atoms with van der Waals surface area (Å²) in [6.45, 7) is 0. The molecule has 0 N–H and O–H groups in total. The molecule has 0 bridgehead atoms. The summed E-state index contributed by atoms with van der Waals surface area (Å²) in [5, 5.41) is 1.65. The number of hydrogen-bond donors (Lipinski definition) is 0. The molecule has 1 atom stereocenters. The molecule has 0 aliphatic carbocycles. The van der Waals surface area contributed by atoms with E-state index in [0.717, 1.165) is 72.5 Å². The van der Waals surface area contributed by atoms with Gasteiger partial charge in [-0.15, -0.1) is 0 Å². The van der Waals surface area contributed by atoms with Crippen molar-refractivity contribution in [3.8, 4) is 33.8 Å². The van der Waals surface area contributed by atoms with Crippen LogP contribution in [0, 0.1) is 0 Å². The van der Waals surface area contributed by atoms with Gasteiger partial charge >= 0.3 is 7.44 Å². The lowest BCUT2D eigenvalue weighted by molar-refractivity contribution is 0.582. The predicted octanol–water partition coefficient (Wildman–Crippen LogP) is 12.2. The molecule has 7 aromatic carbocycles. The van der Waals surface area contributed by atoms with Crippen molar-refractivity contribution in [1.29, 1.82) is 0 Å². The van der Waals surface area contributed by atoms with Crippen molar-refractivity contribution < 1.29 is 8.98 Å². The first-order valence-corrected chi connectivity index (χ1v) is 19.1.